The van der Waals surface area contributed by atoms with Crippen molar-refractivity contribution in [1.82, 2.24) is 15.5 Å². The predicted octanol–water partition coefficient (Wildman–Crippen LogP) is 1.99. The zero-order chi connectivity index (χ0) is 15.6. The summed E-state index contributed by atoms with van der Waals surface area (Å²) in [7, 11) is 0. The zero-order valence-corrected chi connectivity index (χ0v) is 11.0. The molecule has 2 N–H and O–H groups in total. The number of benzene rings is 1. The van der Waals surface area contributed by atoms with Gasteiger partial charge in [0, 0.05) is 11.4 Å². The Balaban J connectivity index is 2.28. The Bertz CT molecular complexity index is 724. The highest BCUT2D eigenvalue weighted by Gasteiger charge is 2.31. The van der Waals surface area contributed by atoms with Gasteiger partial charge in [0.15, 0.2) is 5.69 Å². The fourth-order valence-electron chi connectivity index (χ4n) is 1.98. The highest BCUT2D eigenvalue weighted by molar-refractivity contribution is 6.04. The summed E-state index contributed by atoms with van der Waals surface area (Å²) in [4.78, 5) is 23.6. The molecule has 0 spiro atoms. The number of alkyl halides is 3. The molecule has 112 valence electrons. The largest absolute Gasteiger partial charge is 0.391 e. The van der Waals surface area contributed by atoms with Crippen LogP contribution in [0.25, 0.3) is 10.8 Å². The van der Waals surface area contributed by atoms with Crippen LogP contribution >= 0.6 is 0 Å². The average molecular weight is 299 g/mol. The summed E-state index contributed by atoms with van der Waals surface area (Å²) >= 11 is 0. The van der Waals surface area contributed by atoms with Crippen molar-refractivity contribution < 1.29 is 18.0 Å². The van der Waals surface area contributed by atoms with E-state index in [0.29, 0.717) is 0 Å². The van der Waals surface area contributed by atoms with Crippen molar-refractivity contribution in [3.63, 3.8) is 0 Å². The van der Waals surface area contributed by atoms with Crippen LogP contribution in [0.3, 0.4) is 0 Å². The molecule has 0 fully saturated rings. The highest BCUT2D eigenvalue weighted by Crippen LogP contribution is 2.21. The van der Waals surface area contributed by atoms with Crippen LogP contribution in [0.2, 0.25) is 0 Å². The molecule has 0 radical (unpaired) electrons. The van der Waals surface area contributed by atoms with Crippen molar-refractivity contribution in [2.45, 2.75) is 25.6 Å². The molecule has 0 saturated carbocycles. The Morgan fingerprint density at radius 1 is 1.33 bits per heavy atom. The van der Waals surface area contributed by atoms with Crippen LogP contribution in [0.15, 0.2) is 29.1 Å². The smallest absolute Gasteiger partial charge is 0.348 e. The lowest BCUT2D eigenvalue weighted by molar-refractivity contribution is -0.138. The molecule has 0 bridgehead atoms. The van der Waals surface area contributed by atoms with Gasteiger partial charge < -0.3 is 5.32 Å². The van der Waals surface area contributed by atoms with Gasteiger partial charge in [0.25, 0.3) is 11.5 Å². The number of carbonyl (C=O) groups excluding carboxylic acids is 1. The number of aromatic amines is 1. The van der Waals surface area contributed by atoms with Gasteiger partial charge in [-0.2, -0.15) is 18.3 Å². The molecule has 5 nitrogen and oxygen atoms in total. The second-order valence-corrected chi connectivity index (χ2v) is 4.64. The molecule has 2 rings (SSSR count). The van der Waals surface area contributed by atoms with Crippen LogP contribution in [0, 0.1) is 0 Å². The number of amides is 1. The van der Waals surface area contributed by atoms with E-state index in [0.717, 1.165) is 0 Å². The molecular formula is C13H12F3N3O2. The third kappa shape index (κ3) is 3.59. The van der Waals surface area contributed by atoms with Crippen LogP contribution in [-0.2, 0) is 0 Å². The minimum atomic E-state index is -4.37. The lowest BCUT2D eigenvalue weighted by atomic mass is 10.1. The summed E-state index contributed by atoms with van der Waals surface area (Å²) < 4.78 is 36.8. The van der Waals surface area contributed by atoms with Crippen LogP contribution < -0.4 is 10.9 Å². The maximum atomic E-state index is 12.3. The Hall–Kier alpha value is -2.38. The first-order valence-corrected chi connectivity index (χ1v) is 6.13. The van der Waals surface area contributed by atoms with Gasteiger partial charge in [0.2, 0.25) is 0 Å². The van der Waals surface area contributed by atoms with Crippen molar-refractivity contribution >= 4 is 16.7 Å². The first kappa shape index (κ1) is 15.0. The standard InChI is InChI=1S/C13H12F3N3O2/c1-7(6-13(14,15)16)17-12(21)10-8-4-2-3-5-9(8)11(20)19-18-10/h2-5,7H,6H2,1H3,(H,17,21)(H,19,20). The van der Waals surface area contributed by atoms with Crippen LogP contribution in [0.1, 0.15) is 23.8 Å². The maximum Gasteiger partial charge on any atom is 0.391 e. The highest BCUT2D eigenvalue weighted by atomic mass is 19.4. The molecule has 1 aromatic carbocycles. The Morgan fingerprint density at radius 2 is 1.95 bits per heavy atom. The number of nitrogens with zero attached hydrogens (tertiary/aromatic N) is 1. The van der Waals surface area contributed by atoms with Gasteiger partial charge in [-0.15, -0.1) is 0 Å². The third-order valence-electron chi connectivity index (χ3n) is 2.83. The summed E-state index contributed by atoms with van der Waals surface area (Å²) in [5.41, 5.74) is -0.579. The quantitative estimate of drug-likeness (QED) is 0.910. The summed E-state index contributed by atoms with van der Waals surface area (Å²) in [6, 6.07) is 5.16. The number of fused-ring (bicyclic) bond motifs is 1. The minimum Gasteiger partial charge on any atom is -0.348 e. The van der Waals surface area contributed by atoms with E-state index in [2.05, 4.69) is 15.5 Å². The van der Waals surface area contributed by atoms with Gasteiger partial charge in [-0.1, -0.05) is 18.2 Å². The molecule has 1 atom stereocenters. The topological polar surface area (TPSA) is 74.8 Å². The number of hydrogen-bond donors (Lipinski definition) is 2. The number of nitrogens with one attached hydrogen (secondary N) is 2. The monoisotopic (exact) mass is 299 g/mol. The van der Waals surface area contributed by atoms with E-state index < -0.39 is 30.1 Å². The normalized spacial score (nSPS) is 13.1. The van der Waals surface area contributed by atoms with Gasteiger partial charge in [0.05, 0.1) is 11.8 Å². The van der Waals surface area contributed by atoms with Crippen molar-refractivity contribution in [2.24, 2.45) is 0 Å². The SMILES string of the molecule is CC(CC(F)(F)F)NC(=O)c1n[nH]c(=O)c2ccccc12. The molecule has 0 aliphatic heterocycles. The Labute approximate surface area is 117 Å². The van der Waals surface area contributed by atoms with Gasteiger partial charge >= 0.3 is 6.18 Å². The number of rotatable bonds is 3. The summed E-state index contributed by atoms with van der Waals surface area (Å²) in [5, 5.41) is 8.54. The molecule has 0 aliphatic rings. The summed E-state index contributed by atoms with van der Waals surface area (Å²) in [6.07, 6.45) is -5.51. The van der Waals surface area contributed by atoms with Crippen LogP contribution in [0.4, 0.5) is 13.2 Å². The predicted molar refractivity (Wildman–Crippen MR) is 70.0 cm³/mol. The number of aromatic nitrogens is 2. The van der Waals surface area contributed by atoms with Gasteiger partial charge in [-0.3, -0.25) is 9.59 Å². The molecule has 0 aliphatic carbocycles. The molecular weight excluding hydrogens is 287 g/mol. The minimum absolute atomic E-state index is 0.112. The second-order valence-electron chi connectivity index (χ2n) is 4.64. The van der Waals surface area contributed by atoms with Crippen molar-refractivity contribution in [3.05, 3.63) is 40.3 Å². The molecule has 2 aromatic rings. The second kappa shape index (κ2) is 5.55. The van der Waals surface area contributed by atoms with Crippen molar-refractivity contribution in [2.75, 3.05) is 0 Å². The van der Waals surface area contributed by atoms with E-state index in [9.17, 15) is 22.8 Å². The van der Waals surface area contributed by atoms with Crippen LogP contribution in [-0.4, -0.2) is 28.3 Å². The third-order valence-corrected chi connectivity index (χ3v) is 2.83. The molecule has 1 amide bonds. The van der Waals surface area contributed by atoms with Gasteiger partial charge in [-0.05, 0) is 13.0 Å². The maximum absolute atomic E-state index is 12.3. The fourth-order valence-corrected chi connectivity index (χ4v) is 1.98. The van der Waals surface area contributed by atoms with E-state index in [-0.39, 0.29) is 16.5 Å². The Kier molecular flexibility index (Phi) is 3.97. The first-order chi connectivity index (χ1) is 9.78. The van der Waals surface area contributed by atoms with E-state index in [1.54, 1.807) is 12.1 Å². The zero-order valence-electron chi connectivity index (χ0n) is 11.0. The number of carbonyl (C=O) groups is 1. The molecule has 8 heteroatoms. The Morgan fingerprint density at radius 3 is 2.57 bits per heavy atom. The lowest BCUT2D eigenvalue weighted by Gasteiger charge is -2.15. The van der Waals surface area contributed by atoms with Gasteiger partial charge in [-0.25, -0.2) is 5.10 Å². The lowest BCUT2D eigenvalue weighted by Crippen LogP contribution is -2.37. The average Bonchev–Trinajstić information content (AvgIpc) is 2.37. The molecule has 1 heterocycles. The van der Waals surface area contributed by atoms with E-state index >= 15 is 0 Å². The summed E-state index contributed by atoms with van der Waals surface area (Å²) in [6.45, 7) is 1.25. The number of H-pyrrole nitrogens is 1. The number of hydrogen-bond acceptors (Lipinski definition) is 3. The van der Waals surface area contributed by atoms with Crippen molar-refractivity contribution in [3.8, 4) is 0 Å². The molecule has 0 saturated heterocycles. The van der Waals surface area contributed by atoms with Gasteiger partial charge in [0.1, 0.15) is 0 Å². The van der Waals surface area contributed by atoms with E-state index in [1.807, 2.05) is 0 Å². The van der Waals surface area contributed by atoms with E-state index in [4.69, 9.17) is 0 Å². The van der Waals surface area contributed by atoms with E-state index in [1.165, 1.54) is 19.1 Å². The summed E-state index contributed by atoms with van der Waals surface area (Å²) in [5.74, 6) is -0.765. The molecule has 1 aromatic heterocycles. The molecule has 21 heavy (non-hydrogen) atoms. The van der Waals surface area contributed by atoms with Crippen molar-refractivity contribution in [1.29, 1.82) is 0 Å². The number of halogens is 3. The van der Waals surface area contributed by atoms with Crippen LogP contribution in [0.5, 0.6) is 0 Å². The fraction of sp³-hybridized carbons (Fsp3) is 0.308. The first-order valence-electron chi connectivity index (χ1n) is 6.13. The molecule has 1 unspecified atom stereocenters.